The number of hydrogen-bond donors (Lipinski definition) is 1. The van der Waals surface area contributed by atoms with E-state index in [4.69, 9.17) is 0 Å². The molecule has 7 nitrogen and oxygen atoms in total. The van der Waals surface area contributed by atoms with Crippen molar-refractivity contribution in [1.82, 2.24) is 10.2 Å². The molecule has 0 saturated heterocycles. The van der Waals surface area contributed by atoms with E-state index >= 15 is 0 Å². The molecule has 0 aliphatic heterocycles. The highest BCUT2D eigenvalue weighted by atomic mass is 32.2. The highest BCUT2D eigenvalue weighted by Gasteiger charge is 2.30. The monoisotopic (exact) mass is 515 g/mol. The topological polar surface area (TPSA) is 86.8 Å². The third-order valence-electron chi connectivity index (χ3n) is 5.90. The van der Waals surface area contributed by atoms with E-state index in [1.807, 2.05) is 77.1 Å². The van der Waals surface area contributed by atoms with Gasteiger partial charge in [-0.3, -0.25) is 13.9 Å². The van der Waals surface area contributed by atoms with Crippen LogP contribution in [0.25, 0.3) is 0 Å². The highest BCUT2D eigenvalue weighted by molar-refractivity contribution is 7.92. The molecule has 0 radical (unpaired) electrons. The van der Waals surface area contributed by atoms with Crippen LogP contribution >= 0.6 is 0 Å². The van der Waals surface area contributed by atoms with E-state index in [9.17, 15) is 18.0 Å². The Morgan fingerprint density at radius 1 is 0.972 bits per heavy atom. The number of anilines is 1. The maximum atomic E-state index is 13.4. The van der Waals surface area contributed by atoms with E-state index in [1.54, 1.807) is 17.0 Å². The van der Waals surface area contributed by atoms with Gasteiger partial charge in [-0.15, -0.1) is 0 Å². The molecule has 1 N–H and O–H groups in total. The Balaban J connectivity index is 2.19. The molecule has 0 spiro atoms. The normalized spacial score (nSPS) is 12.6. The number of carbonyl (C=O) groups is 2. The second kappa shape index (κ2) is 12.9. The average Bonchev–Trinajstić information content (AvgIpc) is 2.78. The van der Waals surface area contributed by atoms with Crippen molar-refractivity contribution in [3.63, 3.8) is 0 Å². The third kappa shape index (κ3) is 8.97. The lowest BCUT2D eigenvalue weighted by molar-refractivity contribution is -0.141. The fourth-order valence-electron chi connectivity index (χ4n) is 4.17. The van der Waals surface area contributed by atoms with Gasteiger partial charge in [-0.2, -0.15) is 0 Å². The van der Waals surface area contributed by atoms with E-state index < -0.39 is 21.6 Å². The summed E-state index contributed by atoms with van der Waals surface area (Å²) < 4.78 is 26.4. The summed E-state index contributed by atoms with van der Waals surface area (Å²) in [5.74, 6) is -0.329. The maximum absolute atomic E-state index is 13.4. The molecule has 2 rings (SSSR count). The van der Waals surface area contributed by atoms with E-state index in [1.165, 1.54) is 10.6 Å². The zero-order chi connectivity index (χ0) is 26.9. The smallest absolute Gasteiger partial charge is 0.243 e. The minimum atomic E-state index is -3.52. The molecule has 0 fully saturated rings. The zero-order valence-electron chi connectivity index (χ0n) is 22.5. The number of sulfonamides is 1. The first-order valence-electron chi connectivity index (χ1n) is 12.5. The second-order valence-electron chi connectivity index (χ2n) is 10.2. The first-order valence-corrected chi connectivity index (χ1v) is 14.4. The molecule has 0 aliphatic carbocycles. The number of aryl methyl sites for hydroxylation is 1. The van der Waals surface area contributed by atoms with E-state index in [2.05, 4.69) is 5.32 Å². The molecule has 36 heavy (non-hydrogen) atoms. The number of hydrogen-bond acceptors (Lipinski definition) is 4. The summed E-state index contributed by atoms with van der Waals surface area (Å²) in [4.78, 5) is 28.2. The quantitative estimate of drug-likeness (QED) is 0.456. The van der Waals surface area contributed by atoms with Crippen LogP contribution in [0.15, 0.2) is 54.6 Å². The molecular weight excluding hydrogens is 474 g/mol. The molecule has 2 aromatic carbocycles. The van der Waals surface area contributed by atoms with Gasteiger partial charge in [-0.1, -0.05) is 55.5 Å². The highest BCUT2D eigenvalue weighted by Crippen LogP contribution is 2.23. The van der Waals surface area contributed by atoms with Gasteiger partial charge in [0.2, 0.25) is 21.8 Å². The van der Waals surface area contributed by atoms with Crippen LogP contribution in [-0.4, -0.2) is 56.1 Å². The summed E-state index contributed by atoms with van der Waals surface area (Å²) in [5, 5.41) is 3.01. The molecule has 198 valence electrons. The van der Waals surface area contributed by atoms with Gasteiger partial charge < -0.3 is 10.2 Å². The van der Waals surface area contributed by atoms with Crippen molar-refractivity contribution >= 4 is 27.5 Å². The fourth-order valence-corrected chi connectivity index (χ4v) is 5.20. The van der Waals surface area contributed by atoms with E-state index in [-0.39, 0.29) is 24.8 Å². The third-order valence-corrected chi connectivity index (χ3v) is 7.08. The van der Waals surface area contributed by atoms with Gasteiger partial charge in [0.1, 0.15) is 6.04 Å². The summed E-state index contributed by atoms with van der Waals surface area (Å²) in [5.41, 5.74) is 2.14. The summed E-state index contributed by atoms with van der Waals surface area (Å²) in [7, 11) is -3.52. The summed E-state index contributed by atoms with van der Waals surface area (Å²) in [6.45, 7) is 10.1. The van der Waals surface area contributed by atoms with Crippen LogP contribution in [-0.2, 0) is 26.0 Å². The molecule has 0 saturated carbocycles. The predicted octanol–water partition coefficient (Wildman–Crippen LogP) is 4.31. The number of nitrogens with zero attached hydrogens (tertiary/aromatic N) is 2. The molecule has 2 amide bonds. The van der Waals surface area contributed by atoms with Crippen molar-refractivity contribution in [3.05, 3.63) is 65.7 Å². The fraction of sp³-hybridized carbons (Fsp3) is 0.500. The molecule has 0 aromatic heterocycles. The number of para-hydroxylation sites is 1. The Morgan fingerprint density at radius 3 is 2.14 bits per heavy atom. The maximum Gasteiger partial charge on any atom is 0.243 e. The molecule has 0 heterocycles. The van der Waals surface area contributed by atoms with E-state index in [0.29, 0.717) is 31.5 Å². The largest absolute Gasteiger partial charge is 0.350 e. The van der Waals surface area contributed by atoms with Gasteiger partial charge in [-0.05, 0) is 64.2 Å². The van der Waals surface area contributed by atoms with Gasteiger partial charge in [0, 0.05) is 25.0 Å². The Hall–Kier alpha value is -2.87. The molecule has 0 bridgehead atoms. The first kappa shape index (κ1) is 29.4. The van der Waals surface area contributed by atoms with Crippen LogP contribution < -0.4 is 9.62 Å². The predicted molar refractivity (Wildman–Crippen MR) is 146 cm³/mol. The second-order valence-corrected chi connectivity index (χ2v) is 12.1. The molecular formula is C28H41N3O4S. The number of rotatable bonds is 12. The molecule has 2 aromatic rings. The van der Waals surface area contributed by atoms with Crippen LogP contribution in [0, 0.1) is 6.92 Å². The van der Waals surface area contributed by atoms with Crippen molar-refractivity contribution in [2.24, 2.45) is 0 Å². The van der Waals surface area contributed by atoms with Crippen LogP contribution in [0.2, 0.25) is 0 Å². The molecule has 8 heteroatoms. The zero-order valence-corrected chi connectivity index (χ0v) is 23.3. The SMILES string of the molecule is CC[C@H](C(=O)NC(C)(C)C)N(CCc1ccccc1)C(=O)CCCN(c1ccccc1C)S(C)(=O)=O. The minimum absolute atomic E-state index is 0.145. The van der Waals surface area contributed by atoms with Crippen LogP contribution in [0.1, 0.15) is 58.1 Å². The number of amides is 2. The summed E-state index contributed by atoms with van der Waals surface area (Å²) >= 11 is 0. The average molecular weight is 516 g/mol. The lowest BCUT2D eigenvalue weighted by Gasteiger charge is -2.33. The van der Waals surface area contributed by atoms with Gasteiger partial charge in [0.25, 0.3) is 0 Å². The summed E-state index contributed by atoms with van der Waals surface area (Å²) in [6, 6.07) is 16.6. The van der Waals surface area contributed by atoms with Crippen LogP contribution in [0.4, 0.5) is 5.69 Å². The lowest BCUT2D eigenvalue weighted by Crippen LogP contribution is -2.54. The molecule has 0 aliphatic rings. The van der Waals surface area contributed by atoms with Crippen molar-refractivity contribution < 1.29 is 18.0 Å². The Morgan fingerprint density at radius 2 is 1.58 bits per heavy atom. The van der Waals surface area contributed by atoms with Crippen molar-refractivity contribution in [2.45, 2.75) is 71.9 Å². The first-order chi connectivity index (χ1) is 16.8. The van der Waals surface area contributed by atoms with Crippen molar-refractivity contribution in [1.29, 1.82) is 0 Å². The van der Waals surface area contributed by atoms with Gasteiger partial charge in [0.05, 0.1) is 11.9 Å². The number of benzene rings is 2. The number of nitrogens with one attached hydrogen (secondary N) is 1. The Bertz CT molecular complexity index is 1110. The van der Waals surface area contributed by atoms with Crippen LogP contribution in [0.3, 0.4) is 0 Å². The Kier molecular flexibility index (Phi) is 10.5. The van der Waals surface area contributed by atoms with Gasteiger partial charge in [-0.25, -0.2) is 8.42 Å². The van der Waals surface area contributed by atoms with E-state index in [0.717, 1.165) is 11.1 Å². The molecule has 1 atom stereocenters. The van der Waals surface area contributed by atoms with Crippen molar-refractivity contribution in [3.8, 4) is 0 Å². The lowest BCUT2D eigenvalue weighted by atomic mass is 10.0. The van der Waals surface area contributed by atoms with Gasteiger partial charge >= 0.3 is 0 Å². The number of carbonyl (C=O) groups excluding carboxylic acids is 2. The van der Waals surface area contributed by atoms with Crippen LogP contribution in [0.5, 0.6) is 0 Å². The minimum Gasteiger partial charge on any atom is -0.350 e. The van der Waals surface area contributed by atoms with Crippen molar-refractivity contribution in [2.75, 3.05) is 23.7 Å². The summed E-state index contributed by atoms with van der Waals surface area (Å²) in [6.07, 6.45) is 2.79. The Labute approximate surface area is 216 Å². The standard InChI is InChI=1S/C28H41N3O4S/c1-7-24(27(33)29-28(3,4)5)30(21-19-23-15-9-8-10-16-23)26(32)18-13-20-31(36(6,34)35)25-17-12-11-14-22(25)2/h8-12,14-17,24H,7,13,18-21H2,1-6H3,(H,29,33)/t24-/m1/s1. The molecule has 0 unspecified atom stereocenters. The van der Waals surface area contributed by atoms with Gasteiger partial charge in [0.15, 0.2) is 0 Å².